The van der Waals surface area contributed by atoms with E-state index < -0.39 is 5.91 Å². The number of benzene rings is 1. The quantitative estimate of drug-likeness (QED) is 0.688. The number of hydrogen-bond donors (Lipinski definition) is 1. The van der Waals surface area contributed by atoms with Gasteiger partial charge in [-0.3, -0.25) is 14.3 Å². The summed E-state index contributed by atoms with van der Waals surface area (Å²) in [6, 6.07) is 13.1. The van der Waals surface area contributed by atoms with E-state index >= 15 is 0 Å². The molecule has 0 bridgehead atoms. The van der Waals surface area contributed by atoms with Crippen LogP contribution in [0.3, 0.4) is 0 Å². The molecule has 122 valence electrons. The van der Waals surface area contributed by atoms with Gasteiger partial charge in [0, 0.05) is 12.3 Å². The molecular formula is C16H15N5O2S. The maximum absolute atomic E-state index is 11.1. The summed E-state index contributed by atoms with van der Waals surface area (Å²) in [5, 5.41) is 8.97. The summed E-state index contributed by atoms with van der Waals surface area (Å²) in [7, 11) is 1.60. The van der Waals surface area contributed by atoms with Crippen LogP contribution < -0.4 is 10.5 Å². The van der Waals surface area contributed by atoms with Crippen molar-refractivity contribution in [2.45, 2.75) is 5.16 Å². The maximum Gasteiger partial charge on any atom is 0.227 e. The zero-order valence-electron chi connectivity index (χ0n) is 12.9. The van der Waals surface area contributed by atoms with Crippen molar-refractivity contribution in [3.8, 4) is 23.0 Å². The van der Waals surface area contributed by atoms with Crippen molar-refractivity contribution >= 4 is 17.7 Å². The number of nitrogens with zero attached hydrogens (tertiary/aromatic N) is 4. The van der Waals surface area contributed by atoms with E-state index in [1.54, 1.807) is 13.3 Å². The van der Waals surface area contributed by atoms with E-state index in [4.69, 9.17) is 10.5 Å². The van der Waals surface area contributed by atoms with Gasteiger partial charge in [-0.05, 0) is 24.3 Å². The molecule has 0 aliphatic rings. The summed E-state index contributed by atoms with van der Waals surface area (Å²) in [5.74, 6) is 0.985. The molecule has 1 aromatic carbocycles. The molecule has 0 atom stereocenters. The summed E-state index contributed by atoms with van der Waals surface area (Å²) in [6.45, 7) is 0. The van der Waals surface area contributed by atoms with Crippen LogP contribution in [0.1, 0.15) is 0 Å². The number of ether oxygens (including phenoxy) is 1. The van der Waals surface area contributed by atoms with Crippen molar-refractivity contribution in [3.05, 3.63) is 48.7 Å². The Hall–Kier alpha value is -2.87. The number of pyridine rings is 1. The first kappa shape index (κ1) is 16.0. The van der Waals surface area contributed by atoms with E-state index in [1.165, 1.54) is 11.8 Å². The van der Waals surface area contributed by atoms with E-state index in [2.05, 4.69) is 15.2 Å². The third kappa shape index (κ3) is 3.38. The number of methoxy groups -OCH3 is 1. The lowest BCUT2D eigenvalue weighted by Crippen LogP contribution is -2.13. The monoisotopic (exact) mass is 341 g/mol. The van der Waals surface area contributed by atoms with Crippen LogP contribution >= 0.6 is 11.8 Å². The molecule has 0 saturated carbocycles. The number of rotatable bonds is 6. The average molecular weight is 341 g/mol. The molecule has 0 aliphatic heterocycles. The highest BCUT2D eigenvalue weighted by molar-refractivity contribution is 7.99. The number of thioether (sulfide) groups is 1. The molecular weight excluding hydrogens is 326 g/mol. The van der Waals surface area contributed by atoms with Crippen LogP contribution in [0, 0.1) is 0 Å². The molecule has 0 fully saturated rings. The minimum Gasteiger partial charge on any atom is -0.497 e. The highest BCUT2D eigenvalue weighted by Crippen LogP contribution is 2.28. The maximum atomic E-state index is 11.1. The second-order valence-corrected chi connectivity index (χ2v) is 5.76. The van der Waals surface area contributed by atoms with Gasteiger partial charge in [-0.2, -0.15) is 0 Å². The van der Waals surface area contributed by atoms with Crippen molar-refractivity contribution < 1.29 is 9.53 Å². The molecule has 0 spiro atoms. The Morgan fingerprint density at radius 3 is 2.83 bits per heavy atom. The minimum atomic E-state index is -0.417. The smallest absolute Gasteiger partial charge is 0.227 e. The first-order valence-corrected chi connectivity index (χ1v) is 8.10. The number of primary amides is 1. The van der Waals surface area contributed by atoms with E-state index in [-0.39, 0.29) is 5.75 Å². The van der Waals surface area contributed by atoms with Crippen molar-refractivity contribution in [1.29, 1.82) is 0 Å². The molecule has 3 aromatic rings. The van der Waals surface area contributed by atoms with E-state index in [9.17, 15) is 4.79 Å². The Morgan fingerprint density at radius 1 is 1.25 bits per heavy atom. The summed E-state index contributed by atoms with van der Waals surface area (Å²) in [5.41, 5.74) is 6.73. The van der Waals surface area contributed by atoms with Crippen LogP contribution in [0.15, 0.2) is 53.8 Å². The molecule has 0 unspecified atom stereocenters. The van der Waals surface area contributed by atoms with Gasteiger partial charge in [0.15, 0.2) is 11.0 Å². The number of hydrogen-bond acceptors (Lipinski definition) is 6. The van der Waals surface area contributed by atoms with Gasteiger partial charge in [-0.25, -0.2) is 0 Å². The summed E-state index contributed by atoms with van der Waals surface area (Å²) in [4.78, 5) is 15.4. The zero-order chi connectivity index (χ0) is 16.9. The number of nitrogens with two attached hydrogens (primary N) is 1. The number of amides is 1. The standard InChI is InChI=1S/C16H15N5O2S/c1-23-12-6-4-5-11(9-12)21-15(13-7-2-3-8-18-13)19-20-16(21)24-10-14(17)22/h2-9H,10H2,1H3,(H2,17,22). The molecule has 7 nitrogen and oxygen atoms in total. The van der Waals surface area contributed by atoms with Gasteiger partial charge in [0.1, 0.15) is 11.4 Å². The fourth-order valence-electron chi connectivity index (χ4n) is 2.14. The fraction of sp³-hybridized carbons (Fsp3) is 0.125. The van der Waals surface area contributed by atoms with E-state index in [1.807, 2.05) is 47.0 Å². The van der Waals surface area contributed by atoms with Crippen molar-refractivity contribution in [3.63, 3.8) is 0 Å². The van der Waals surface area contributed by atoms with Crippen LogP contribution in [-0.4, -0.2) is 38.5 Å². The minimum absolute atomic E-state index is 0.115. The average Bonchev–Trinajstić information content (AvgIpc) is 3.04. The van der Waals surface area contributed by atoms with Crippen molar-refractivity contribution in [2.24, 2.45) is 5.73 Å². The second kappa shape index (κ2) is 7.14. The van der Waals surface area contributed by atoms with Crippen molar-refractivity contribution in [1.82, 2.24) is 19.7 Å². The van der Waals surface area contributed by atoms with E-state index in [0.717, 1.165) is 5.69 Å². The largest absolute Gasteiger partial charge is 0.497 e. The molecule has 2 aromatic heterocycles. The second-order valence-electron chi connectivity index (χ2n) is 4.81. The third-order valence-electron chi connectivity index (χ3n) is 3.18. The predicted molar refractivity (Wildman–Crippen MR) is 91.1 cm³/mol. The third-order valence-corrected chi connectivity index (χ3v) is 4.13. The zero-order valence-corrected chi connectivity index (χ0v) is 13.7. The molecule has 0 radical (unpaired) electrons. The first-order chi connectivity index (χ1) is 11.7. The highest BCUT2D eigenvalue weighted by Gasteiger charge is 2.17. The van der Waals surface area contributed by atoms with Gasteiger partial charge >= 0.3 is 0 Å². The molecule has 1 amide bonds. The fourth-order valence-corrected chi connectivity index (χ4v) is 2.83. The molecule has 0 saturated heterocycles. The topological polar surface area (TPSA) is 95.9 Å². The van der Waals surface area contributed by atoms with Crippen molar-refractivity contribution in [2.75, 3.05) is 12.9 Å². The lowest BCUT2D eigenvalue weighted by Gasteiger charge is -2.10. The van der Waals surface area contributed by atoms with Crippen LogP contribution in [0.25, 0.3) is 17.2 Å². The number of aromatic nitrogens is 4. The number of carbonyl (C=O) groups is 1. The Kier molecular flexibility index (Phi) is 4.76. The van der Waals surface area contributed by atoms with Gasteiger partial charge < -0.3 is 10.5 Å². The molecule has 24 heavy (non-hydrogen) atoms. The lowest BCUT2D eigenvalue weighted by atomic mass is 10.2. The van der Waals surface area contributed by atoms with Gasteiger partial charge in [0.05, 0.1) is 18.6 Å². The Labute approximate surface area is 142 Å². The van der Waals surface area contributed by atoms with Crippen LogP contribution in [0.4, 0.5) is 0 Å². The Morgan fingerprint density at radius 2 is 2.12 bits per heavy atom. The molecule has 8 heteroatoms. The number of carbonyl (C=O) groups excluding carboxylic acids is 1. The Bertz CT molecular complexity index is 851. The summed E-state index contributed by atoms with van der Waals surface area (Å²) >= 11 is 1.23. The van der Waals surface area contributed by atoms with Crippen LogP contribution in [0.2, 0.25) is 0 Å². The van der Waals surface area contributed by atoms with Gasteiger partial charge in [0.25, 0.3) is 0 Å². The highest BCUT2D eigenvalue weighted by atomic mass is 32.2. The predicted octanol–water partition coefficient (Wildman–Crippen LogP) is 1.92. The summed E-state index contributed by atoms with van der Waals surface area (Å²) < 4.78 is 7.12. The molecule has 2 heterocycles. The lowest BCUT2D eigenvalue weighted by molar-refractivity contribution is -0.115. The van der Waals surface area contributed by atoms with Crippen LogP contribution in [0.5, 0.6) is 5.75 Å². The van der Waals surface area contributed by atoms with Gasteiger partial charge in [0.2, 0.25) is 5.91 Å². The normalized spacial score (nSPS) is 10.5. The van der Waals surface area contributed by atoms with Crippen LogP contribution in [-0.2, 0) is 4.79 Å². The SMILES string of the molecule is COc1cccc(-n2c(SCC(N)=O)nnc2-c2ccccn2)c1. The van der Waals surface area contributed by atoms with Gasteiger partial charge in [-0.1, -0.05) is 23.9 Å². The van der Waals surface area contributed by atoms with Gasteiger partial charge in [-0.15, -0.1) is 10.2 Å². The first-order valence-electron chi connectivity index (χ1n) is 7.11. The Balaban J connectivity index is 2.11. The van der Waals surface area contributed by atoms with E-state index in [0.29, 0.717) is 22.4 Å². The molecule has 2 N–H and O–H groups in total. The summed E-state index contributed by atoms with van der Waals surface area (Å²) in [6.07, 6.45) is 1.69. The molecule has 3 rings (SSSR count). The molecule has 0 aliphatic carbocycles.